The molecule has 2 heterocycles. The smallest absolute Gasteiger partial charge is 0.403 e. The van der Waals surface area contributed by atoms with E-state index in [-0.39, 0.29) is 5.56 Å². The molecule has 0 bridgehead atoms. The van der Waals surface area contributed by atoms with Crippen LogP contribution in [0.1, 0.15) is 31.1 Å². The Kier molecular flexibility index (Phi) is 4.88. The van der Waals surface area contributed by atoms with Crippen LogP contribution >= 0.6 is 0 Å². The molecule has 0 aliphatic carbocycles. The monoisotopic (exact) mass is 399 g/mol. The Morgan fingerprint density at radius 1 is 1.21 bits per heavy atom. The first-order chi connectivity index (χ1) is 12.9. The first kappa shape index (κ1) is 19.8. The molecule has 1 atom stereocenters. The molecule has 2 N–H and O–H groups in total. The maximum Gasteiger partial charge on any atom is 0.573 e. The fourth-order valence-electron chi connectivity index (χ4n) is 2.75. The average Bonchev–Trinajstić information content (AvgIpc) is 3.00. The molecule has 11 heteroatoms. The van der Waals surface area contributed by atoms with Gasteiger partial charge >= 0.3 is 6.36 Å². The molecule has 0 saturated carbocycles. The molecule has 0 aliphatic rings. The molecule has 2 aromatic heterocycles. The largest absolute Gasteiger partial charge is 0.573 e. The van der Waals surface area contributed by atoms with E-state index in [9.17, 15) is 22.7 Å². The zero-order chi connectivity index (χ0) is 20.7. The van der Waals surface area contributed by atoms with Crippen molar-refractivity contribution in [2.75, 3.05) is 5.32 Å². The number of anilines is 1. The molecule has 0 saturated heterocycles. The summed E-state index contributed by atoms with van der Waals surface area (Å²) in [6.45, 7) is 4.65. The molecule has 0 unspecified atom stereocenters. The molecule has 3 rings (SSSR count). The highest BCUT2D eigenvalue weighted by Crippen LogP contribution is 2.34. The van der Waals surface area contributed by atoms with Gasteiger partial charge in [0.05, 0.1) is 11.6 Å². The van der Waals surface area contributed by atoms with Crippen LogP contribution < -0.4 is 10.1 Å². The van der Waals surface area contributed by atoms with Crippen molar-refractivity contribution in [3.8, 4) is 5.75 Å². The van der Waals surface area contributed by atoms with Gasteiger partial charge in [-0.3, -0.25) is 0 Å². The predicted molar refractivity (Wildman–Crippen MR) is 91.3 cm³/mol. The number of benzene rings is 1. The molecule has 28 heavy (non-hydrogen) atoms. The highest BCUT2D eigenvalue weighted by Gasteiger charge is 2.34. The predicted octanol–water partition coefficient (Wildman–Crippen LogP) is 3.39. The number of hydrogen-bond donors (Lipinski definition) is 2. The fraction of sp³-hybridized carbons (Fsp3) is 0.353. The van der Waals surface area contributed by atoms with E-state index in [1.165, 1.54) is 30.8 Å². The van der Waals surface area contributed by atoms with Crippen LogP contribution in [0.25, 0.3) is 5.78 Å². The molecule has 0 aliphatic heterocycles. The van der Waals surface area contributed by atoms with Gasteiger partial charge in [0.15, 0.2) is 11.6 Å². The standard InChI is InChI=1S/C17H17F4N5O2/c1-9-6-13(26-15(24-9)22-8-23-26)25-14(16(2,3)27)10-4-5-11(18)12(7-10)28-17(19,20)21/h4-8,14,25,27H,1-3H3/t14-/m0/s1. The average molecular weight is 399 g/mol. The van der Waals surface area contributed by atoms with Gasteiger partial charge in [0.2, 0.25) is 0 Å². The van der Waals surface area contributed by atoms with Crippen molar-refractivity contribution < 1.29 is 27.4 Å². The van der Waals surface area contributed by atoms with E-state index in [1.54, 1.807) is 13.0 Å². The highest BCUT2D eigenvalue weighted by molar-refractivity contribution is 5.48. The summed E-state index contributed by atoms with van der Waals surface area (Å²) in [4.78, 5) is 8.19. The SMILES string of the molecule is Cc1cc(N[C@@H](c2ccc(F)c(OC(F)(F)F)c2)C(C)(C)O)n2ncnc2n1. The zero-order valence-corrected chi connectivity index (χ0v) is 15.1. The summed E-state index contributed by atoms with van der Waals surface area (Å²) in [5.74, 6) is -1.46. The highest BCUT2D eigenvalue weighted by atomic mass is 19.4. The molecule has 0 amide bonds. The number of rotatable bonds is 5. The number of nitrogens with zero attached hydrogens (tertiary/aromatic N) is 4. The number of ether oxygens (including phenoxy) is 1. The van der Waals surface area contributed by atoms with Crippen LogP contribution in [0.2, 0.25) is 0 Å². The molecule has 1 aromatic carbocycles. The number of aromatic nitrogens is 4. The van der Waals surface area contributed by atoms with E-state index >= 15 is 0 Å². The molecule has 7 nitrogen and oxygen atoms in total. The number of nitrogens with one attached hydrogen (secondary N) is 1. The van der Waals surface area contributed by atoms with Crippen LogP contribution in [-0.4, -0.2) is 36.7 Å². The molecule has 0 spiro atoms. The summed E-state index contributed by atoms with van der Waals surface area (Å²) in [7, 11) is 0. The lowest BCUT2D eigenvalue weighted by atomic mass is 9.91. The van der Waals surface area contributed by atoms with E-state index in [0.717, 1.165) is 12.1 Å². The lowest BCUT2D eigenvalue weighted by molar-refractivity contribution is -0.275. The van der Waals surface area contributed by atoms with Crippen LogP contribution in [0.5, 0.6) is 5.75 Å². The summed E-state index contributed by atoms with van der Waals surface area (Å²) in [5, 5.41) is 17.7. The van der Waals surface area contributed by atoms with Crippen LogP contribution in [0.4, 0.5) is 23.4 Å². The topological polar surface area (TPSA) is 84.6 Å². The number of alkyl halides is 3. The van der Waals surface area contributed by atoms with Crippen molar-refractivity contribution in [1.82, 2.24) is 19.6 Å². The molecular weight excluding hydrogens is 382 g/mol. The third kappa shape index (κ3) is 4.30. The van der Waals surface area contributed by atoms with Gasteiger partial charge in [-0.25, -0.2) is 9.37 Å². The van der Waals surface area contributed by atoms with Gasteiger partial charge in [0, 0.05) is 11.8 Å². The second-order valence-electron chi connectivity index (χ2n) is 6.72. The van der Waals surface area contributed by atoms with Crippen LogP contribution in [0.3, 0.4) is 0 Å². The summed E-state index contributed by atoms with van der Waals surface area (Å²) in [5.41, 5.74) is -0.661. The number of fused-ring (bicyclic) bond motifs is 1. The Morgan fingerprint density at radius 3 is 2.57 bits per heavy atom. The molecule has 0 fully saturated rings. The Bertz CT molecular complexity index is 997. The minimum Gasteiger partial charge on any atom is -0.403 e. The molecular formula is C17H17F4N5O2. The minimum atomic E-state index is -5.05. The minimum absolute atomic E-state index is 0.177. The van der Waals surface area contributed by atoms with Gasteiger partial charge in [-0.2, -0.15) is 14.6 Å². The van der Waals surface area contributed by atoms with Crippen molar-refractivity contribution in [3.05, 3.63) is 47.7 Å². The normalized spacial score (nSPS) is 13.6. The Labute approximate surface area is 157 Å². The van der Waals surface area contributed by atoms with Crippen molar-refractivity contribution >= 4 is 11.6 Å². The van der Waals surface area contributed by atoms with E-state index in [1.807, 2.05) is 0 Å². The van der Waals surface area contributed by atoms with Crippen molar-refractivity contribution in [1.29, 1.82) is 0 Å². The van der Waals surface area contributed by atoms with Gasteiger partial charge in [-0.15, -0.1) is 13.2 Å². The maximum absolute atomic E-state index is 13.8. The van der Waals surface area contributed by atoms with E-state index < -0.39 is 29.6 Å². The molecule has 3 aromatic rings. The van der Waals surface area contributed by atoms with Crippen molar-refractivity contribution in [3.63, 3.8) is 0 Å². The zero-order valence-electron chi connectivity index (χ0n) is 15.1. The van der Waals surface area contributed by atoms with Gasteiger partial charge < -0.3 is 15.2 Å². The van der Waals surface area contributed by atoms with E-state index in [2.05, 4.69) is 25.1 Å². The van der Waals surface area contributed by atoms with E-state index in [0.29, 0.717) is 17.3 Å². The maximum atomic E-state index is 13.8. The lowest BCUT2D eigenvalue weighted by Gasteiger charge is -2.31. The third-order valence-corrected chi connectivity index (χ3v) is 3.89. The van der Waals surface area contributed by atoms with Crippen LogP contribution in [0.15, 0.2) is 30.6 Å². The van der Waals surface area contributed by atoms with Gasteiger partial charge in [-0.1, -0.05) is 6.07 Å². The van der Waals surface area contributed by atoms with Crippen molar-refractivity contribution in [2.24, 2.45) is 0 Å². The molecule has 0 radical (unpaired) electrons. The number of aryl methyl sites for hydroxylation is 1. The molecule has 150 valence electrons. The summed E-state index contributed by atoms with van der Waals surface area (Å²) in [6, 6.07) is 3.71. The van der Waals surface area contributed by atoms with Crippen LogP contribution in [-0.2, 0) is 0 Å². The second-order valence-corrected chi connectivity index (χ2v) is 6.72. The van der Waals surface area contributed by atoms with Gasteiger partial charge in [0.1, 0.15) is 12.1 Å². The summed E-state index contributed by atoms with van der Waals surface area (Å²) >= 11 is 0. The Morgan fingerprint density at radius 2 is 1.93 bits per heavy atom. The summed E-state index contributed by atoms with van der Waals surface area (Å²) < 4.78 is 56.5. The third-order valence-electron chi connectivity index (χ3n) is 3.89. The van der Waals surface area contributed by atoms with Crippen molar-refractivity contribution in [2.45, 2.75) is 38.8 Å². The summed E-state index contributed by atoms with van der Waals surface area (Å²) in [6.07, 6.45) is -3.76. The quantitative estimate of drug-likeness (QED) is 0.640. The van der Waals surface area contributed by atoms with Crippen LogP contribution in [0, 0.1) is 12.7 Å². The fourth-order valence-corrected chi connectivity index (χ4v) is 2.75. The van der Waals surface area contributed by atoms with Gasteiger partial charge in [0.25, 0.3) is 5.78 Å². The first-order valence-corrected chi connectivity index (χ1v) is 8.15. The number of halogens is 4. The van der Waals surface area contributed by atoms with E-state index in [4.69, 9.17) is 0 Å². The second kappa shape index (κ2) is 6.89. The lowest BCUT2D eigenvalue weighted by Crippen LogP contribution is -2.35. The van der Waals surface area contributed by atoms with Gasteiger partial charge in [-0.05, 0) is 38.5 Å². The Balaban J connectivity index is 2.04. The Hall–Kier alpha value is -2.95. The number of hydrogen-bond acceptors (Lipinski definition) is 6. The first-order valence-electron chi connectivity index (χ1n) is 8.15. The number of aliphatic hydroxyl groups is 1.